The summed E-state index contributed by atoms with van der Waals surface area (Å²) in [5, 5.41) is 6.53. The molecule has 1 saturated heterocycles. The van der Waals surface area contributed by atoms with Crippen molar-refractivity contribution in [3.63, 3.8) is 0 Å². The topological polar surface area (TPSA) is 59.6 Å². The first kappa shape index (κ1) is 14.9. The summed E-state index contributed by atoms with van der Waals surface area (Å²) < 4.78 is 10.4. The number of nitrogens with one attached hydrogen (secondary N) is 2. The van der Waals surface area contributed by atoms with Gasteiger partial charge in [0, 0.05) is 12.5 Å². The van der Waals surface area contributed by atoms with Gasteiger partial charge in [0.1, 0.15) is 11.5 Å². The second kappa shape index (κ2) is 6.81. The number of halogens is 1. The van der Waals surface area contributed by atoms with Crippen molar-refractivity contribution in [1.82, 2.24) is 5.32 Å². The minimum atomic E-state index is -0.0294. The fourth-order valence-electron chi connectivity index (χ4n) is 2.31. The molecule has 0 aromatic heterocycles. The number of rotatable bonds is 5. The number of carbonyl (C=O) groups is 1. The van der Waals surface area contributed by atoms with E-state index in [9.17, 15) is 4.79 Å². The molecule has 1 heterocycles. The van der Waals surface area contributed by atoms with Gasteiger partial charge >= 0.3 is 0 Å². The summed E-state index contributed by atoms with van der Waals surface area (Å²) in [5.74, 6) is 1.42. The molecule has 1 aromatic carbocycles. The molecule has 20 heavy (non-hydrogen) atoms. The molecule has 1 aromatic rings. The lowest BCUT2D eigenvalue weighted by molar-refractivity contribution is -0.117. The van der Waals surface area contributed by atoms with Crippen molar-refractivity contribution in [1.29, 1.82) is 0 Å². The first-order valence-electron chi connectivity index (χ1n) is 6.56. The molecule has 2 rings (SSSR count). The molecule has 1 unspecified atom stereocenters. The van der Waals surface area contributed by atoms with E-state index in [2.05, 4.69) is 10.6 Å². The van der Waals surface area contributed by atoms with E-state index < -0.39 is 0 Å². The van der Waals surface area contributed by atoms with Crippen LogP contribution in [0.3, 0.4) is 0 Å². The third kappa shape index (κ3) is 3.55. The molecular weight excluding hydrogens is 280 g/mol. The second-order valence-electron chi connectivity index (χ2n) is 4.80. The quantitative estimate of drug-likeness (QED) is 0.876. The standard InChI is InChI=1S/C14H19ClN2O3/c1-19-12-7-13(20-2)11(6-10(12)15)17-14(18)5-9-3-4-16-8-9/h6-7,9,16H,3-5,8H2,1-2H3,(H,17,18). The van der Waals surface area contributed by atoms with E-state index in [1.807, 2.05) is 0 Å². The molecular formula is C14H19ClN2O3. The van der Waals surface area contributed by atoms with Crippen LogP contribution < -0.4 is 20.1 Å². The van der Waals surface area contributed by atoms with Crippen LogP contribution in [0.4, 0.5) is 5.69 Å². The predicted molar refractivity (Wildman–Crippen MR) is 78.8 cm³/mol. The molecule has 1 atom stereocenters. The van der Waals surface area contributed by atoms with Crippen molar-refractivity contribution in [2.45, 2.75) is 12.8 Å². The largest absolute Gasteiger partial charge is 0.495 e. The molecule has 6 heteroatoms. The van der Waals surface area contributed by atoms with Gasteiger partial charge in [-0.3, -0.25) is 4.79 Å². The molecule has 0 aliphatic carbocycles. The Bertz CT molecular complexity index is 488. The smallest absolute Gasteiger partial charge is 0.224 e. The Morgan fingerprint density at radius 3 is 2.75 bits per heavy atom. The van der Waals surface area contributed by atoms with Crippen molar-refractivity contribution in [2.75, 3.05) is 32.6 Å². The number of benzene rings is 1. The Hall–Kier alpha value is -1.46. The van der Waals surface area contributed by atoms with Gasteiger partial charge in [0.2, 0.25) is 5.91 Å². The maximum Gasteiger partial charge on any atom is 0.224 e. The summed E-state index contributed by atoms with van der Waals surface area (Å²) in [4.78, 5) is 12.0. The number of carbonyl (C=O) groups excluding carboxylic acids is 1. The molecule has 0 saturated carbocycles. The summed E-state index contributed by atoms with van der Waals surface area (Å²) in [7, 11) is 3.07. The van der Waals surface area contributed by atoms with Crippen molar-refractivity contribution >= 4 is 23.2 Å². The highest BCUT2D eigenvalue weighted by Crippen LogP contribution is 2.36. The van der Waals surface area contributed by atoms with Crippen molar-refractivity contribution < 1.29 is 14.3 Å². The molecule has 5 nitrogen and oxygen atoms in total. The number of amides is 1. The Morgan fingerprint density at radius 2 is 2.15 bits per heavy atom. The van der Waals surface area contributed by atoms with Crippen molar-refractivity contribution in [2.24, 2.45) is 5.92 Å². The van der Waals surface area contributed by atoms with E-state index >= 15 is 0 Å². The minimum absolute atomic E-state index is 0.0294. The van der Waals surface area contributed by atoms with E-state index in [1.54, 1.807) is 19.2 Å². The van der Waals surface area contributed by atoms with E-state index in [-0.39, 0.29) is 5.91 Å². The van der Waals surface area contributed by atoms with Crippen LogP contribution in [0, 0.1) is 5.92 Å². The molecule has 0 bridgehead atoms. The summed E-state index contributed by atoms with van der Waals surface area (Å²) in [5.41, 5.74) is 0.564. The Balaban J connectivity index is 2.07. The highest BCUT2D eigenvalue weighted by atomic mass is 35.5. The monoisotopic (exact) mass is 298 g/mol. The van der Waals surface area contributed by atoms with Crippen LogP contribution >= 0.6 is 11.6 Å². The summed E-state index contributed by atoms with van der Waals surface area (Å²) in [6.45, 7) is 1.88. The fourth-order valence-corrected chi connectivity index (χ4v) is 2.55. The maximum atomic E-state index is 12.0. The van der Waals surface area contributed by atoms with Crippen LogP contribution in [-0.2, 0) is 4.79 Å². The lowest BCUT2D eigenvalue weighted by Gasteiger charge is -2.14. The van der Waals surface area contributed by atoms with Crippen LogP contribution in [0.25, 0.3) is 0 Å². The predicted octanol–water partition coefficient (Wildman–Crippen LogP) is 2.30. The molecule has 0 spiro atoms. The fraction of sp³-hybridized carbons (Fsp3) is 0.500. The molecule has 110 valence electrons. The van der Waals surface area contributed by atoms with Gasteiger partial charge in [0.25, 0.3) is 0 Å². The third-order valence-electron chi connectivity index (χ3n) is 3.38. The van der Waals surface area contributed by atoms with Gasteiger partial charge in [-0.25, -0.2) is 0 Å². The number of methoxy groups -OCH3 is 2. The van der Waals surface area contributed by atoms with Crippen LogP contribution in [0.2, 0.25) is 5.02 Å². The van der Waals surface area contributed by atoms with Gasteiger partial charge in [0.15, 0.2) is 0 Å². The zero-order valence-corrected chi connectivity index (χ0v) is 12.4. The maximum absolute atomic E-state index is 12.0. The van der Waals surface area contributed by atoms with Gasteiger partial charge in [-0.1, -0.05) is 11.6 Å². The molecule has 1 amide bonds. The molecule has 1 fully saturated rings. The molecule has 2 N–H and O–H groups in total. The third-order valence-corrected chi connectivity index (χ3v) is 3.68. The molecule has 1 aliphatic rings. The molecule has 1 aliphatic heterocycles. The second-order valence-corrected chi connectivity index (χ2v) is 5.21. The van der Waals surface area contributed by atoms with Crippen molar-refractivity contribution in [3.8, 4) is 11.5 Å². The average Bonchev–Trinajstić information content (AvgIpc) is 2.91. The van der Waals surface area contributed by atoms with Crippen LogP contribution in [0.1, 0.15) is 12.8 Å². The zero-order valence-electron chi connectivity index (χ0n) is 11.7. The highest BCUT2D eigenvalue weighted by Gasteiger charge is 2.19. The number of anilines is 1. The van der Waals surface area contributed by atoms with Gasteiger partial charge in [-0.15, -0.1) is 0 Å². The van der Waals surface area contributed by atoms with Crippen LogP contribution in [-0.4, -0.2) is 33.2 Å². The average molecular weight is 299 g/mol. The Labute approximate surface area is 123 Å². The SMILES string of the molecule is COc1cc(OC)c(NC(=O)CC2CCNC2)cc1Cl. The number of hydrogen-bond acceptors (Lipinski definition) is 4. The van der Waals surface area contributed by atoms with E-state index in [1.165, 1.54) is 7.11 Å². The highest BCUT2D eigenvalue weighted by molar-refractivity contribution is 6.32. The molecule has 0 radical (unpaired) electrons. The van der Waals surface area contributed by atoms with Gasteiger partial charge in [0.05, 0.1) is 24.9 Å². The Kier molecular flexibility index (Phi) is 5.09. The van der Waals surface area contributed by atoms with Gasteiger partial charge in [-0.05, 0) is 31.5 Å². The van der Waals surface area contributed by atoms with Crippen LogP contribution in [0.5, 0.6) is 11.5 Å². The number of ether oxygens (including phenoxy) is 2. The summed E-state index contributed by atoms with van der Waals surface area (Å²) >= 11 is 6.07. The number of hydrogen-bond donors (Lipinski definition) is 2. The lowest BCUT2D eigenvalue weighted by atomic mass is 10.0. The van der Waals surface area contributed by atoms with Crippen LogP contribution in [0.15, 0.2) is 12.1 Å². The van der Waals surface area contributed by atoms with Gasteiger partial charge < -0.3 is 20.1 Å². The van der Waals surface area contributed by atoms with Crippen molar-refractivity contribution in [3.05, 3.63) is 17.2 Å². The summed E-state index contributed by atoms with van der Waals surface area (Å²) in [6.07, 6.45) is 1.54. The minimum Gasteiger partial charge on any atom is -0.495 e. The van der Waals surface area contributed by atoms with Gasteiger partial charge in [-0.2, -0.15) is 0 Å². The Morgan fingerprint density at radius 1 is 1.40 bits per heavy atom. The summed E-state index contributed by atoms with van der Waals surface area (Å²) in [6, 6.07) is 3.30. The first-order chi connectivity index (χ1) is 9.63. The van der Waals surface area contributed by atoms with E-state index in [4.69, 9.17) is 21.1 Å². The first-order valence-corrected chi connectivity index (χ1v) is 6.94. The van der Waals surface area contributed by atoms with E-state index in [0.717, 1.165) is 19.5 Å². The zero-order chi connectivity index (χ0) is 14.5. The van der Waals surface area contributed by atoms with E-state index in [0.29, 0.717) is 34.5 Å². The lowest BCUT2D eigenvalue weighted by Crippen LogP contribution is -2.18. The normalized spacial score (nSPS) is 17.9.